The van der Waals surface area contributed by atoms with Crippen LogP contribution in [0.1, 0.15) is 60.6 Å². The van der Waals surface area contributed by atoms with Gasteiger partial charge in [0.2, 0.25) is 11.9 Å². The first-order valence-corrected chi connectivity index (χ1v) is 13.6. The van der Waals surface area contributed by atoms with Crippen LogP contribution in [0.4, 0.5) is 14.7 Å². The van der Waals surface area contributed by atoms with Crippen LogP contribution in [0.25, 0.3) is 11.0 Å². The lowest BCUT2D eigenvalue weighted by Gasteiger charge is -2.26. The fourth-order valence-electron chi connectivity index (χ4n) is 5.20. The average Bonchev–Trinajstić information content (AvgIpc) is 3.13. The molecule has 1 N–H and O–H groups in total. The van der Waals surface area contributed by atoms with Gasteiger partial charge in [-0.1, -0.05) is 18.2 Å². The van der Waals surface area contributed by atoms with E-state index >= 15 is 0 Å². The quantitative estimate of drug-likeness (QED) is 0.371. The molecule has 9 nitrogen and oxygen atoms in total. The molecule has 2 aliphatic heterocycles. The zero-order valence-electron chi connectivity index (χ0n) is 21.8. The number of rotatable bonds is 7. The Hall–Kier alpha value is -3.57. The zero-order valence-corrected chi connectivity index (χ0v) is 22.6. The number of hydrogen-bond acceptors (Lipinski definition) is 6. The van der Waals surface area contributed by atoms with Crippen LogP contribution in [0.2, 0.25) is 5.02 Å². The van der Waals surface area contributed by atoms with Crippen LogP contribution < -0.4 is 10.1 Å². The van der Waals surface area contributed by atoms with Crippen molar-refractivity contribution in [1.82, 2.24) is 19.4 Å². The minimum absolute atomic E-state index is 0.0143. The highest BCUT2D eigenvalue weighted by Gasteiger charge is 2.28. The number of alkyl halides is 2. The number of nitrogens with zero attached hydrogens (tertiary/aromatic N) is 4. The SMILES string of the molecule is C=CC(=O)N1CCCC[C@@H](n2c(NC(=O)c3ccnc(C(F)F)c3)nc3cc(OC4CCOCC4)cc(Cl)c32)C1. The Morgan fingerprint density at radius 2 is 2.00 bits per heavy atom. The molecule has 5 rings (SSSR count). The van der Waals surface area contributed by atoms with E-state index in [-0.39, 0.29) is 29.6 Å². The second-order valence-corrected chi connectivity index (χ2v) is 10.3. The highest BCUT2D eigenvalue weighted by molar-refractivity contribution is 6.35. The molecule has 2 aliphatic rings. The van der Waals surface area contributed by atoms with Gasteiger partial charge in [-0.2, -0.15) is 0 Å². The Morgan fingerprint density at radius 1 is 1.20 bits per heavy atom. The van der Waals surface area contributed by atoms with Crippen molar-refractivity contribution in [2.75, 3.05) is 31.6 Å². The van der Waals surface area contributed by atoms with E-state index in [1.54, 1.807) is 17.0 Å². The molecule has 2 fully saturated rings. The number of halogens is 3. The normalized spacial score (nSPS) is 18.5. The second kappa shape index (κ2) is 12.3. The lowest BCUT2D eigenvalue weighted by atomic mass is 10.1. The molecule has 212 valence electrons. The fraction of sp³-hybridized carbons (Fsp3) is 0.429. The van der Waals surface area contributed by atoms with Crippen LogP contribution in [-0.4, -0.2) is 63.7 Å². The third kappa shape index (κ3) is 6.10. The van der Waals surface area contributed by atoms with Gasteiger partial charge < -0.3 is 18.9 Å². The third-order valence-electron chi connectivity index (χ3n) is 7.17. The molecule has 0 aliphatic carbocycles. The third-order valence-corrected chi connectivity index (χ3v) is 7.46. The van der Waals surface area contributed by atoms with E-state index in [1.165, 1.54) is 18.3 Å². The molecule has 0 saturated carbocycles. The molecule has 0 radical (unpaired) electrons. The predicted octanol–water partition coefficient (Wildman–Crippen LogP) is 5.57. The number of likely N-dealkylation sites (tertiary alicyclic amines) is 1. The first-order chi connectivity index (χ1) is 19.3. The highest BCUT2D eigenvalue weighted by Crippen LogP contribution is 2.37. The molecule has 3 aromatic rings. The van der Waals surface area contributed by atoms with Gasteiger partial charge in [0, 0.05) is 49.8 Å². The van der Waals surface area contributed by atoms with E-state index < -0.39 is 18.0 Å². The average molecular weight is 574 g/mol. The summed E-state index contributed by atoms with van der Waals surface area (Å²) in [7, 11) is 0. The number of ether oxygens (including phenoxy) is 2. The van der Waals surface area contributed by atoms with Crippen molar-refractivity contribution in [3.05, 3.63) is 59.4 Å². The summed E-state index contributed by atoms with van der Waals surface area (Å²) in [5, 5.41) is 3.16. The highest BCUT2D eigenvalue weighted by atomic mass is 35.5. The van der Waals surface area contributed by atoms with Gasteiger partial charge >= 0.3 is 0 Å². The molecule has 12 heteroatoms. The van der Waals surface area contributed by atoms with Gasteiger partial charge in [0.05, 0.1) is 35.3 Å². The summed E-state index contributed by atoms with van der Waals surface area (Å²) in [5.74, 6) is -0.0647. The zero-order chi connectivity index (χ0) is 28.2. The number of benzene rings is 1. The smallest absolute Gasteiger partial charge is 0.280 e. The number of carbonyl (C=O) groups excluding carboxylic acids is 2. The summed E-state index contributed by atoms with van der Waals surface area (Å²) in [6.07, 6.45) is 3.49. The maximum Gasteiger partial charge on any atom is 0.280 e. The Labute approximate surface area is 235 Å². The number of amides is 2. The van der Waals surface area contributed by atoms with Crippen molar-refractivity contribution in [1.29, 1.82) is 0 Å². The number of anilines is 1. The molecule has 2 aromatic heterocycles. The number of pyridine rings is 1. The molecule has 1 aromatic carbocycles. The Morgan fingerprint density at radius 3 is 2.75 bits per heavy atom. The number of fused-ring (bicyclic) bond motifs is 1. The van der Waals surface area contributed by atoms with Crippen LogP contribution in [0, 0.1) is 0 Å². The first kappa shape index (κ1) is 28.0. The summed E-state index contributed by atoms with van der Waals surface area (Å²) >= 11 is 6.83. The van der Waals surface area contributed by atoms with Crippen molar-refractivity contribution < 1.29 is 27.8 Å². The summed E-state index contributed by atoms with van der Waals surface area (Å²) in [5.41, 5.74) is 0.597. The van der Waals surface area contributed by atoms with Gasteiger partial charge in [-0.25, -0.2) is 13.8 Å². The van der Waals surface area contributed by atoms with Gasteiger partial charge in [0.1, 0.15) is 17.5 Å². The van der Waals surface area contributed by atoms with Crippen LogP contribution >= 0.6 is 11.6 Å². The maximum atomic E-state index is 13.2. The van der Waals surface area contributed by atoms with Crippen LogP contribution in [-0.2, 0) is 9.53 Å². The lowest BCUT2D eigenvalue weighted by Crippen LogP contribution is -2.34. The molecule has 2 amide bonds. The van der Waals surface area contributed by atoms with Gasteiger partial charge in [-0.05, 0) is 37.5 Å². The summed E-state index contributed by atoms with van der Waals surface area (Å²) in [6.45, 7) is 5.80. The van der Waals surface area contributed by atoms with Crippen molar-refractivity contribution in [3.63, 3.8) is 0 Å². The van der Waals surface area contributed by atoms with E-state index in [2.05, 4.69) is 16.9 Å². The monoisotopic (exact) mass is 573 g/mol. The van der Waals surface area contributed by atoms with Crippen LogP contribution in [0.5, 0.6) is 5.75 Å². The Bertz CT molecular complexity index is 1410. The molecular weight excluding hydrogens is 544 g/mol. The first-order valence-electron chi connectivity index (χ1n) is 13.3. The van der Waals surface area contributed by atoms with Crippen molar-refractivity contribution in [2.45, 2.75) is 50.7 Å². The maximum absolute atomic E-state index is 13.2. The molecule has 40 heavy (non-hydrogen) atoms. The van der Waals surface area contributed by atoms with E-state index in [0.29, 0.717) is 54.5 Å². The van der Waals surface area contributed by atoms with E-state index in [4.69, 9.17) is 26.1 Å². The van der Waals surface area contributed by atoms with Crippen molar-refractivity contribution >= 4 is 40.4 Å². The Balaban J connectivity index is 1.55. The topological polar surface area (TPSA) is 98.6 Å². The molecule has 0 spiro atoms. The number of hydrogen-bond donors (Lipinski definition) is 1. The number of nitrogens with one attached hydrogen (secondary N) is 1. The van der Waals surface area contributed by atoms with Crippen molar-refractivity contribution in [3.8, 4) is 5.75 Å². The number of carbonyl (C=O) groups is 2. The minimum Gasteiger partial charge on any atom is -0.490 e. The summed E-state index contributed by atoms with van der Waals surface area (Å²) in [6, 6.07) is 5.64. The van der Waals surface area contributed by atoms with Crippen molar-refractivity contribution in [2.24, 2.45) is 0 Å². The lowest BCUT2D eigenvalue weighted by molar-refractivity contribution is -0.126. The molecule has 0 unspecified atom stereocenters. The predicted molar refractivity (Wildman–Crippen MR) is 146 cm³/mol. The summed E-state index contributed by atoms with van der Waals surface area (Å²) in [4.78, 5) is 35.8. The van der Waals surface area contributed by atoms with Gasteiger partial charge in [-0.15, -0.1) is 0 Å². The van der Waals surface area contributed by atoms with E-state index in [1.807, 2.05) is 4.57 Å². The minimum atomic E-state index is -2.82. The second-order valence-electron chi connectivity index (χ2n) is 9.87. The van der Waals surface area contributed by atoms with Crippen LogP contribution in [0.15, 0.2) is 43.1 Å². The molecule has 0 bridgehead atoms. The van der Waals surface area contributed by atoms with Gasteiger partial charge in [0.25, 0.3) is 12.3 Å². The molecular formula is C28H30ClF2N5O4. The fourth-order valence-corrected chi connectivity index (χ4v) is 5.49. The largest absolute Gasteiger partial charge is 0.490 e. The number of aromatic nitrogens is 3. The molecule has 4 heterocycles. The van der Waals surface area contributed by atoms with Gasteiger partial charge in [-0.3, -0.25) is 19.9 Å². The summed E-state index contributed by atoms with van der Waals surface area (Å²) < 4.78 is 39.9. The van der Waals surface area contributed by atoms with E-state index in [9.17, 15) is 18.4 Å². The standard InChI is InChI=1S/C28H30ClF2N5O4/c1-2-24(37)35-10-4-3-5-18(16-35)36-25-21(29)14-20(40-19-7-11-39-12-8-19)15-22(25)33-28(36)34-27(38)17-6-9-32-23(13-17)26(30)31/h2,6,9,13-15,18-19,26H,1,3-5,7-8,10-12,16H2,(H,33,34,38)/t18-/m1/s1. The van der Waals surface area contributed by atoms with Crippen LogP contribution in [0.3, 0.4) is 0 Å². The number of imidazole rings is 1. The Kier molecular flexibility index (Phi) is 8.60. The van der Waals surface area contributed by atoms with E-state index in [0.717, 1.165) is 31.7 Å². The molecule has 1 atom stereocenters. The molecule has 2 saturated heterocycles. The van der Waals surface area contributed by atoms with Gasteiger partial charge in [0.15, 0.2) is 0 Å².